The maximum Gasteiger partial charge on any atom is 0.279 e. The van der Waals surface area contributed by atoms with Gasteiger partial charge in [0.05, 0.1) is 0 Å². The van der Waals surface area contributed by atoms with E-state index < -0.39 is 10.2 Å². The fourth-order valence-corrected chi connectivity index (χ4v) is 4.35. The molecule has 0 amide bonds. The molecule has 0 aromatic rings. The molecule has 124 valence electrons. The Morgan fingerprint density at radius 1 is 1.14 bits per heavy atom. The lowest BCUT2D eigenvalue weighted by Gasteiger charge is -2.32. The molecule has 0 bridgehead atoms. The standard InChI is InChI=1S/C15H31N3O2S/c1-2-9-16-12-15-6-4-11-18(13-15)21(19,20)17-10-3-5-14-7-8-14/h14-17H,2-13H2,1H3. The largest absolute Gasteiger partial charge is 0.316 e. The Bertz CT molecular complexity index is 396. The normalized spacial score (nSPS) is 24.3. The molecule has 1 atom stereocenters. The Labute approximate surface area is 130 Å². The van der Waals surface area contributed by atoms with Gasteiger partial charge in [-0.25, -0.2) is 4.72 Å². The second-order valence-electron chi connectivity index (χ2n) is 6.56. The van der Waals surface area contributed by atoms with Crippen molar-refractivity contribution in [3.8, 4) is 0 Å². The smallest absolute Gasteiger partial charge is 0.279 e. The van der Waals surface area contributed by atoms with Crippen molar-refractivity contribution in [2.45, 2.75) is 51.9 Å². The summed E-state index contributed by atoms with van der Waals surface area (Å²) in [6.45, 7) is 6.02. The molecular weight excluding hydrogens is 286 g/mol. The predicted molar refractivity (Wildman–Crippen MR) is 86.3 cm³/mol. The zero-order valence-corrected chi connectivity index (χ0v) is 14.1. The minimum atomic E-state index is -3.27. The van der Waals surface area contributed by atoms with E-state index in [4.69, 9.17) is 0 Å². The second kappa shape index (κ2) is 8.46. The number of piperidine rings is 1. The maximum atomic E-state index is 12.3. The van der Waals surface area contributed by atoms with Gasteiger partial charge in [-0.05, 0) is 57.0 Å². The van der Waals surface area contributed by atoms with Gasteiger partial charge in [0.25, 0.3) is 10.2 Å². The van der Waals surface area contributed by atoms with E-state index in [0.717, 1.165) is 44.7 Å². The van der Waals surface area contributed by atoms with Crippen LogP contribution < -0.4 is 10.0 Å². The van der Waals surface area contributed by atoms with Crippen LogP contribution in [0.25, 0.3) is 0 Å². The summed E-state index contributed by atoms with van der Waals surface area (Å²) in [5.41, 5.74) is 0. The van der Waals surface area contributed by atoms with E-state index in [1.165, 1.54) is 19.3 Å². The Morgan fingerprint density at radius 3 is 2.67 bits per heavy atom. The summed E-state index contributed by atoms with van der Waals surface area (Å²) in [6.07, 6.45) is 8.05. The number of hydrogen-bond donors (Lipinski definition) is 2. The summed E-state index contributed by atoms with van der Waals surface area (Å²) in [5, 5.41) is 3.41. The van der Waals surface area contributed by atoms with Gasteiger partial charge in [0, 0.05) is 19.6 Å². The Hall–Kier alpha value is -0.170. The summed E-state index contributed by atoms with van der Waals surface area (Å²) in [6, 6.07) is 0. The van der Waals surface area contributed by atoms with E-state index in [2.05, 4.69) is 17.0 Å². The van der Waals surface area contributed by atoms with Crippen molar-refractivity contribution in [2.75, 3.05) is 32.7 Å². The Balaban J connectivity index is 1.69. The minimum absolute atomic E-state index is 0.452. The Kier molecular flexibility index (Phi) is 6.92. The number of nitrogens with zero attached hydrogens (tertiary/aromatic N) is 1. The minimum Gasteiger partial charge on any atom is -0.316 e. The average Bonchev–Trinajstić information content (AvgIpc) is 3.29. The quantitative estimate of drug-likeness (QED) is 0.603. The van der Waals surface area contributed by atoms with Crippen LogP contribution in [-0.4, -0.2) is 45.4 Å². The van der Waals surface area contributed by atoms with Gasteiger partial charge < -0.3 is 5.32 Å². The summed E-state index contributed by atoms with van der Waals surface area (Å²) in [5.74, 6) is 1.33. The molecule has 0 spiro atoms. The predicted octanol–water partition coefficient (Wildman–Crippen LogP) is 1.72. The fourth-order valence-electron chi connectivity index (χ4n) is 2.98. The Morgan fingerprint density at radius 2 is 1.95 bits per heavy atom. The third-order valence-electron chi connectivity index (χ3n) is 4.45. The van der Waals surface area contributed by atoms with Gasteiger partial charge >= 0.3 is 0 Å². The van der Waals surface area contributed by atoms with Crippen LogP contribution in [0, 0.1) is 11.8 Å². The van der Waals surface area contributed by atoms with E-state index >= 15 is 0 Å². The van der Waals surface area contributed by atoms with E-state index in [0.29, 0.717) is 25.6 Å². The first-order valence-corrected chi connectivity index (χ1v) is 10.0. The fraction of sp³-hybridized carbons (Fsp3) is 1.00. The highest BCUT2D eigenvalue weighted by Gasteiger charge is 2.28. The van der Waals surface area contributed by atoms with Gasteiger partial charge in [-0.15, -0.1) is 0 Å². The number of rotatable bonds is 10. The molecule has 2 rings (SSSR count). The second-order valence-corrected chi connectivity index (χ2v) is 8.31. The van der Waals surface area contributed by atoms with E-state index in [1.54, 1.807) is 4.31 Å². The molecule has 2 fully saturated rings. The summed E-state index contributed by atoms with van der Waals surface area (Å²) < 4.78 is 29.1. The monoisotopic (exact) mass is 317 g/mol. The van der Waals surface area contributed by atoms with Crippen LogP contribution in [0.2, 0.25) is 0 Å². The van der Waals surface area contributed by atoms with Crippen LogP contribution in [0.3, 0.4) is 0 Å². The molecule has 1 aliphatic heterocycles. The van der Waals surface area contributed by atoms with Crippen LogP contribution in [0.4, 0.5) is 0 Å². The molecule has 1 saturated heterocycles. The first-order chi connectivity index (χ1) is 10.1. The SMILES string of the molecule is CCCNCC1CCCN(S(=O)(=O)NCCCC2CC2)C1. The molecule has 1 saturated carbocycles. The first kappa shape index (κ1) is 17.2. The van der Waals surface area contributed by atoms with Crippen LogP contribution in [-0.2, 0) is 10.2 Å². The third-order valence-corrected chi connectivity index (χ3v) is 6.03. The lowest BCUT2D eigenvalue weighted by molar-refractivity contribution is 0.258. The molecule has 5 nitrogen and oxygen atoms in total. The van der Waals surface area contributed by atoms with Crippen LogP contribution >= 0.6 is 0 Å². The lowest BCUT2D eigenvalue weighted by atomic mass is 10.00. The van der Waals surface area contributed by atoms with Gasteiger partial charge in [0.1, 0.15) is 0 Å². The zero-order valence-electron chi connectivity index (χ0n) is 13.3. The third kappa shape index (κ3) is 6.22. The van der Waals surface area contributed by atoms with Crippen molar-refractivity contribution in [2.24, 2.45) is 11.8 Å². The molecule has 2 N–H and O–H groups in total. The average molecular weight is 317 g/mol. The number of hydrogen-bond acceptors (Lipinski definition) is 3. The zero-order chi connectivity index (χ0) is 15.1. The van der Waals surface area contributed by atoms with E-state index in [-0.39, 0.29) is 0 Å². The van der Waals surface area contributed by atoms with Crippen molar-refractivity contribution in [3.05, 3.63) is 0 Å². The highest BCUT2D eigenvalue weighted by molar-refractivity contribution is 7.87. The summed E-state index contributed by atoms with van der Waals surface area (Å²) in [4.78, 5) is 0. The van der Waals surface area contributed by atoms with E-state index in [9.17, 15) is 8.42 Å². The molecule has 0 radical (unpaired) electrons. The molecular formula is C15H31N3O2S. The van der Waals surface area contributed by atoms with Gasteiger partial charge in [0.15, 0.2) is 0 Å². The van der Waals surface area contributed by atoms with Crippen LogP contribution in [0.15, 0.2) is 0 Å². The van der Waals surface area contributed by atoms with Crippen molar-refractivity contribution in [1.29, 1.82) is 0 Å². The highest BCUT2D eigenvalue weighted by Crippen LogP contribution is 2.33. The molecule has 1 heterocycles. The van der Waals surface area contributed by atoms with Gasteiger partial charge in [-0.3, -0.25) is 0 Å². The molecule has 1 aliphatic carbocycles. The molecule has 2 aliphatic rings. The molecule has 21 heavy (non-hydrogen) atoms. The van der Waals surface area contributed by atoms with Crippen molar-refractivity contribution >= 4 is 10.2 Å². The molecule has 0 aromatic carbocycles. The van der Waals surface area contributed by atoms with E-state index in [1.807, 2.05) is 0 Å². The highest BCUT2D eigenvalue weighted by atomic mass is 32.2. The van der Waals surface area contributed by atoms with Crippen molar-refractivity contribution in [3.63, 3.8) is 0 Å². The molecule has 0 aromatic heterocycles. The van der Waals surface area contributed by atoms with Crippen molar-refractivity contribution < 1.29 is 8.42 Å². The molecule has 1 unspecified atom stereocenters. The number of nitrogens with one attached hydrogen (secondary N) is 2. The first-order valence-electron chi connectivity index (χ1n) is 8.57. The summed E-state index contributed by atoms with van der Waals surface area (Å²) in [7, 11) is -3.27. The maximum absolute atomic E-state index is 12.3. The van der Waals surface area contributed by atoms with Crippen LogP contribution in [0.1, 0.15) is 51.9 Å². The summed E-state index contributed by atoms with van der Waals surface area (Å²) >= 11 is 0. The van der Waals surface area contributed by atoms with Crippen LogP contribution in [0.5, 0.6) is 0 Å². The molecule has 6 heteroatoms. The van der Waals surface area contributed by atoms with Gasteiger partial charge in [-0.1, -0.05) is 19.8 Å². The van der Waals surface area contributed by atoms with Gasteiger partial charge in [-0.2, -0.15) is 12.7 Å². The topological polar surface area (TPSA) is 61.4 Å². The van der Waals surface area contributed by atoms with Crippen molar-refractivity contribution in [1.82, 2.24) is 14.3 Å². The van der Waals surface area contributed by atoms with Gasteiger partial charge in [0.2, 0.25) is 0 Å². The lowest BCUT2D eigenvalue weighted by Crippen LogP contribution is -2.47.